The number of hydrogen-bond donors (Lipinski definition) is 2. The summed E-state index contributed by atoms with van der Waals surface area (Å²) >= 11 is 0. The maximum Gasteiger partial charge on any atom is 0.270 e. The number of aromatic nitrogens is 1. The molecular weight excluding hydrogens is 390 g/mol. The minimum Gasteiger partial charge on any atom is -0.366 e. The molecule has 0 saturated carbocycles. The van der Waals surface area contributed by atoms with Crippen molar-refractivity contribution in [3.63, 3.8) is 0 Å². The van der Waals surface area contributed by atoms with E-state index in [0.717, 1.165) is 12.0 Å². The molecule has 3 aliphatic heterocycles. The van der Waals surface area contributed by atoms with Crippen LogP contribution in [0.5, 0.6) is 0 Å². The number of nitrogens with one attached hydrogen (secondary N) is 2. The fraction of sp³-hybridized carbons (Fsp3) is 0.381. The first-order chi connectivity index (χ1) is 13.9. The van der Waals surface area contributed by atoms with Crippen LogP contribution in [0, 0.1) is 11.8 Å². The first kappa shape index (κ1) is 18.4. The third-order valence-corrected chi connectivity index (χ3v) is 7.49. The number of hydrogen-bond acceptors (Lipinski definition) is 4. The number of fused-ring (bicyclic) bond motifs is 5. The molecule has 3 aliphatic rings. The topological polar surface area (TPSA) is 91.5 Å². The van der Waals surface area contributed by atoms with Crippen LogP contribution >= 0.6 is 0 Å². The molecule has 4 heterocycles. The first-order valence-corrected chi connectivity index (χ1v) is 11.4. The molecule has 2 N–H and O–H groups in total. The van der Waals surface area contributed by atoms with Crippen molar-refractivity contribution in [2.24, 2.45) is 11.8 Å². The number of likely N-dealkylation sites (tertiary alicyclic amines) is 1. The highest BCUT2D eigenvalue weighted by Gasteiger charge is 2.51. The molecule has 0 radical (unpaired) electrons. The number of ether oxygens (including phenoxy) is 1. The highest BCUT2D eigenvalue weighted by molar-refractivity contribution is 7.92. The van der Waals surface area contributed by atoms with Gasteiger partial charge in [0.15, 0.2) is 0 Å². The van der Waals surface area contributed by atoms with E-state index in [1.54, 1.807) is 11.0 Å². The molecule has 1 aromatic heterocycles. The Kier molecular flexibility index (Phi) is 4.29. The summed E-state index contributed by atoms with van der Waals surface area (Å²) in [4.78, 5) is 17.6. The molecular formula is C21H23N3O4S. The van der Waals surface area contributed by atoms with Gasteiger partial charge in [-0.3, -0.25) is 9.52 Å². The fourth-order valence-corrected chi connectivity index (χ4v) is 5.63. The number of H-pyrrole nitrogens is 1. The summed E-state index contributed by atoms with van der Waals surface area (Å²) < 4.78 is 33.9. The second-order valence-electron chi connectivity index (χ2n) is 7.90. The van der Waals surface area contributed by atoms with Gasteiger partial charge >= 0.3 is 0 Å². The van der Waals surface area contributed by atoms with Crippen LogP contribution < -0.4 is 4.72 Å². The molecule has 1 amide bonds. The predicted octanol–water partition coefficient (Wildman–Crippen LogP) is 2.40. The third-order valence-electron chi connectivity index (χ3n) is 6.13. The van der Waals surface area contributed by atoms with Crippen molar-refractivity contribution in [3.05, 3.63) is 59.9 Å². The van der Waals surface area contributed by atoms with E-state index in [0.29, 0.717) is 30.6 Å². The van der Waals surface area contributed by atoms with E-state index in [-0.39, 0.29) is 28.7 Å². The Hall–Kier alpha value is -2.58. The number of carbonyl (C=O) groups is 1. The first-order valence-electron chi connectivity index (χ1n) is 9.88. The number of aromatic amines is 1. The standard InChI is InChI=1S/C21H23N3O4S/c1-2-13-4-3-5-14(8-13)23-29(26,27)15-9-18(22-10-15)21(25)24-11-16-17(12-24)20-7-6-19(16)28-20/h3-10,16-17,19-20,22-23H,2,11-12H2,1H3. The fourth-order valence-electron chi connectivity index (χ4n) is 4.59. The second kappa shape index (κ2) is 6.74. The number of rotatable bonds is 5. The highest BCUT2D eigenvalue weighted by Crippen LogP contribution is 2.43. The van der Waals surface area contributed by atoms with Gasteiger partial charge in [-0.05, 0) is 30.2 Å². The van der Waals surface area contributed by atoms with E-state index < -0.39 is 10.0 Å². The quantitative estimate of drug-likeness (QED) is 0.737. The average Bonchev–Trinajstić information content (AvgIpc) is 3.49. The molecule has 4 atom stereocenters. The Labute approximate surface area is 169 Å². The molecule has 4 unspecified atom stereocenters. The maximum absolute atomic E-state index is 12.9. The molecule has 29 heavy (non-hydrogen) atoms. The van der Waals surface area contributed by atoms with Crippen molar-refractivity contribution in [3.8, 4) is 0 Å². The van der Waals surface area contributed by atoms with Gasteiger partial charge in [0.25, 0.3) is 15.9 Å². The monoisotopic (exact) mass is 413 g/mol. The second-order valence-corrected chi connectivity index (χ2v) is 9.58. The van der Waals surface area contributed by atoms with Gasteiger partial charge in [0.2, 0.25) is 0 Å². The van der Waals surface area contributed by atoms with Crippen LogP contribution in [0.1, 0.15) is 23.0 Å². The number of aryl methyl sites for hydroxylation is 1. The molecule has 2 fully saturated rings. The van der Waals surface area contributed by atoms with Gasteiger partial charge in [-0.1, -0.05) is 31.2 Å². The summed E-state index contributed by atoms with van der Waals surface area (Å²) in [6, 6.07) is 8.69. The van der Waals surface area contributed by atoms with Gasteiger partial charge in [-0.25, -0.2) is 8.42 Å². The Morgan fingerprint density at radius 1 is 1.21 bits per heavy atom. The Bertz CT molecular complexity index is 1070. The lowest BCUT2D eigenvalue weighted by Gasteiger charge is -2.18. The zero-order valence-electron chi connectivity index (χ0n) is 16.0. The number of anilines is 1. The van der Waals surface area contributed by atoms with Crippen LogP contribution in [-0.2, 0) is 21.2 Å². The van der Waals surface area contributed by atoms with E-state index in [4.69, 9.17) is 4.74 Å². The highest BCUT2D eigenvalue weighted by atomic mass is 32.2. The Morgan fingerprint density at radius 3 is 2.62 bits per heavy atom. The SMILES string of the molecule is CCc1cccc(NS(=O)(=O)c2c[nH]c(C(=O)N3CC4C5C=CC(O5)C4C3)c2)c1. The van der Waals surface area contributed by atoms with Crippen molar-refractivity contribution in [2.75, 3.05) is 17.8 Å². The number of nitrogens with zero attached hydrogens (tertiary/aromatic N) is 1. The number of benzene rings is 1. The van der Waals surface area contributed by atoms with Gasteiger partial charge in [-0.2, -0.15) is 0 Å². The number of carbonyl (C=O) groups excluding carboxylic acids is 1. The summed E-state index contributed by atoms with van der Waals surface area (Å²) in [5, 5.41) is 0. The molecule has 1 aromatic carbocycles. The van der Waals surface area contributed by atoms with Gasteiger partial charge in [0.05, 0.1) is 12.2 Å². The van der Waals surface area contributed by atoms with Crippen molar-refractivity contribution in [2.45, 2.75) is 30.4 Å². The summed E-state index contributed by atoms with van der Waals surface area (Å²) in [5.74, 6) is 0.493. The maximum atomic E-state index is 12.9. The van der Waals surface area contributed by atoms with Gasteiger partial charge in [0.1, 0.15) is 10.6 Å². The lowest BCUT2D eigenvalue weighted by Crippen LogP contribution is -2.31. The summed E-state index contributed by atoms with van der Waals surface area (Å²) in [6.07, 6.45) is 6.55. The van der Waals surface area contributed by atoms with Crippen LogP contribution in [0.15, 0.2) is 53.6 Å². The molecule has 5 rings (SSSR count). The molecule has 8 heteroatoms. The summed E-state index contributed by atoms with van der Waals surface area (Å²) in [6.45, 7) is 3.29. The van der Waals surface area contributed by atoms with Gasteiger partial charge in [-0.15, -0.1) is 0 Å². The van der Waals surface area contributed by atoms with E-state index in [1.807, 2.05) is 25.1 Å². The van der Waals surface area contributed by atoms with E-state index >= 15 is 0 Å². The summed E-state index contributed by atoms with van der Waals surface area (Å²) in [5.41, 5.74) is 1.84. The van der Waals surface area contributed by atoms with Crippen LogP contribution in [0.3, 0.4) is 0 Å². The molecule has 2 saturated heterocycles. The molecule has 2 bridgehead atoms. The van der Waals surface area contributed by atoms with Crippen LogP contribution in [0.2, 0.25) is 0 Å². The number of amides is 1. The van der Waals surface area contributed by atoms with Crippen LogP contribution in [0.25, 0.3) is 0 Å². The molecule has 2 aromatic rings. The van der Waals surface area contributed by atoms with Gasteiger partial charge < -0.3 is 14.6 Å². The molecule has 0 aliphatic carbocycles. The Morgan fingerprint density at radius 2 is 1.93 bits per heavy atom. The van der Waals surface area contributed by atoms with E-state index in [2.05, 4.69) is 21.9 Å². The molecule has 0 spiro atoms. The minimum absolute atomic E-state index is 0.0483. The van der Waals surface area contributed by atoms with Crippen molar-refractivity contribution < 1.29 is 17.9 Å². The zero-order chi connectivity index (χ0) is 20.2. The van der Waals surface area contributed by atoms with Crippen molar-refractivity contribution in [1.29, 1.82) is 0 Å². The summed E-state index contributed by atoms with van der Waals surface area (Å²) in [7, 11) is -3.78. The van der Waals surface area contributed by atoms with Crippen LogP contribution in [-0.4, -0.2) is 49.5 Å². The van der Waals surface area contributed by atoms with Gasteiger partial charge in [0, 0.05) is 36.8 Å². The van der Waals surface area contributed by atoms with Crippen molar-refractivity contribution >= 4 is 21.6 Å². The Balaban J connectivity index is 1.30. The minimum atomic E-state index is -3.78. The zero-order valence-corrected chi connectivity index (χ0v) is 16.9. The normalized spacial score (nSPS) is 27.4. The molecule has 152 valence electrons. The van der Waals surface area contributed by atoms with Crippen molar-refractivity contribution in [1.82, 2.24) is 9.88 Å². The smallest absolute Gasteiger partial charge is 0.270 e. The molecule has 7 nitrogen and oxygen atoms in total. The van der Waals surface area contributed by atoms with Crippen LogP contribution in [0.4, 0.5) is 5.69 Å². The lowest BCUT2D eigenvalue weighted by molar-refractivity contribution is 0.0652. The number of sulfonamides is 1. The predicted molar refractivity (Wildman–Crippen MR) is 108 cm³/mol. The third kappa shape index (κ3) is 3.16. The average molecular weight is 413 g/mol. The lowest BCUT2D eigenvalue weighted by atomic mass is 9.86. The van der Waals surface area contributed by atoms with E-state index in [1.165, 1.54) is 12.3 Å². The largest absolute Gasteiger partial charge is 0.366 e. The van der Waals surface area contributed by atoms with E-state index in [9.17, 15) is 13.2 Å².